The lowest BCUT2D eigenvalue weighted by molar-refractivity contribution is -0.127. The number of hydrogen-bond donors (Lipinski definition) is 1. The van der Waals surface area contributed by atoms with Crippen LogP contribution in [0.5, 0.6) is 5.88 Å². The van der Waals surface area contributed by atoms with E-state index >= 15 is 0 Å². The number of H-pyrrole nitrogens is 1. The van der Waals surface area contributed by atoms with Gasteiger partial charge in [-0.1, -0.05) is 6.58 Å². The SMILES string of the molecule is C=CC(=O)N1CCC(Oc2cnc3[nH]cc(-c4cncc(C#N)c4)c3n2)CC1. The van der Waals surface area contributed by atoms with Gasteiger partial charge in [0.2, 0.25) is 11.8 Å². The number of carbonyl (C=O) groups is 1. The molecule has 0 atom stereocenters. The molecule has 8 heteroatoms. The number of nitrogens with one attached hydrogen (secondary N) is 1. The van der Waals surface area contributed by atoms with Crippen LogP contribution in [0.2, 0.25) is 0 Å². The lowest BCUT2D eigenvalue weighted by atomic mass is 10.1. The summed E-state index contributed by atoms with van der Waals surface area (Å²) < 4.78 is 6.01. The number of fused-ring (bicyclic) bond motifs is 1. The van der Waals surface area contributed by atoms with Gasteiger partial charge in [0.05, 0.1) is 11.8 Å². The molecule has 1 aliphatic heterocycles. The maximum atomic E-state index is 11.7. The monoisotopic (exact) mass is 374 g/mol. The zero-order valence-electron chi connectivity index (χ0n) is 15.1. The molecule has 0 radical (unpaired) electrons. The van der Waals surface area contributed by atoms with Crippen molar-refractivity contribution in [2.45, 2.75) is 18.9 Å². The molecule has 0 unspecified atom stereocenters. The average molecular weight is 374 g/mol. The van der Waals surface area contributed by atoms with Gasteiger partial charge in [0.1, 0.15) is 17.7 Å². The molecule has 1 aliphatic rings. The van der Waals surface area contributed by atoms with Gasteiger partial charge in [0, 0.05) is 55.6 Å². The van der Waals surface area contributed by atoms with Crippen molar-refractivity contribution in [2.24, 2.45) is 0 Å². The van der Waals surface area contributed by atoms with Crippen LogP contribution < -0.4 is 4.74 Å². The highest BCUT2D eigenvalue weighted by molar-refractivity contribution is 5.90. The Morgan fingerprint density at radius 1 is 1.36 bits per heavy atom. The molecule has 8 nitrogen and oxygen atoms in total. The summed E-state index contributed by atoms with van der Waals surface area (Å²) in [5.41, 5.74) is 3.37. The van der Waals surface area contributed by atoms with E-state index in [1.807, 2.05) is 0 Å². The predicted octanol–water partition coefficient (Wildman–Crippen LogP) is 2.45. The summed E-state index contributed by atoms with van der Waals surface area (Å²) >= 11 is 0. The Morgan fingerprint density at radius 3 is 2.93 bits per heavy atom. The molecule has 4 heterocycles. The highest BCUT2D eigenvalue weighted by Crippen LogP contribution is 2.28. The summed E-state index contributed by atoms with van der Waals surface area (Å²) in [6, 6.07) is 3.85. The first-order valence-electron chi connectivity index (χ1n) is 8.95. The number of hydrogen-bond acceptors (Lipinski definition) is 6. The van der Waals surface area contributed by atoms with Gasteiger partial charge in [0.25, 0.3) is 0 Å². The van der Waals surface area contributed by atoms with Crippen LogP contribution in [0.15, 0.2) is 43.5 Å². The minimum Gasteiger partial charge on any atom is -0.473 e. The number of nitriles is 1. The summed E-state index contributed by atoms with van der Waals surface area (Å²) in [6.07, 6.45) is 9.37. The first kappa shape index (κ1) is 17.7. The number of rotatable bonds is 4. The normalized spacial score (nSPS) is 14.6. The van der Waals surface area contributed by atoms with Crippen LogP contribution in [0, 0.1) is 11.3 Å². The Bertz CT molecular complexity index is 1080. The van der Waals surface area contributed by atoms with Gasteiger partial charge in [-0.2, -0.15) is 5.26 Å². The quantitative estimate of drug-likeness (QED) is 0.703. The zero-order valence-corrected chi connectivity index (χ0v) is 15.1. The summed E-state index contributed by atoms with van der Waals surface area (Å²) in [6.45, 7) is 4.79. The molecule has 140 valence electrons. The fourth-order valence-electron chi connectivity index (χ4n) is 3.29. The zero-order chi connectivity index (χ0) is 19.5. The number of aromatic amines is 1. The van der Waals surface area contributed by atoms with Crippen molar-refractivity contribution in [1.82, 2.24) is 24.8 Å². The van der Waals surface area contributed by atoms with Gasteiger partial charge in [-0.15, -0.1) is 0 Å². The van der Waals surface area contributed by atoms with Gasteiger partial charge in [-0.25, -0.2) is 9.97 Å². The molecule has 3 aromatic rings. The summed E-state index contributed by atoms with van der Waals surface area (Å²) in [7, 11) is 0. The number of likely N-dealkylation sites (tertiary alicyclic amines) is 1. The molecule has 1 N–H and O–H groups in total. The number of pyridine rings is 1. The fraction of sp³-hybridized carbons (Fsp3) is 0.250. The third-order valence-electron chi connectivity index (χ3n) is 4.75. The molecule has 1 amide bonds. The second-order valence-electron chi connectivity index (χ2n) is 6.53. The second kappa shape index (κ2) is 7.48. The molecule has 0 aliphatic carbocycles. The van der Waals surface area contributed by atoms with Crippen LogP contribution in [-0.2, 0) is 4.79 Å². The first-order chi connectivity index (χ1) is 13.7. The minimum absolute atomic E-state index is 0.0217. The number of amides is 1. The van der Waals surface area contributed by atoms with E-state index in [1.165, 1.54) is 12.3 Å². The molecule has 4 rings (SSSR count). The van der Waals surface area contributed by atoms with Crippen molar-refractivity contribution < 1.29 is 9.53 Å². The minimum atomic E-state index is -0.0511. The van der Waals surface area contributed by atoms with E-state index in [1.54, 1.807) is 29.6 Å². The summed E-state index contributed by atoms with van der Waals surface area (Å²) in [4.78, 5) is 29.6. The fourth-order valence-corrected chi connectivity index (χ4v) is 3.29. The van der Waals surface area contributed by atoms with E-state index in [4.69, 9.17) is 10.00 Å². The first-order valence-corrected chi connectivity index (χ1v) is 8.95. The smallest absolute Gasteiger partial charge is 0.245 e. The summed E-state index contributed by atoms with van der Waals surface area (Å²) in [5.74, 6) is 0.385. The van der Waals surface area contributed by atoms with Crippen LogP contribution in [0.4, 0.5) is 0 Å². The van der Waals surface area contributed by atoms with Crippen LogP contribution >= 0.6 is 0 Å². The van der Waals surface area contributed by atoms with Crippen molar-refractivity contribution in [2.75, 3.05) is 13.1 Å². The molecule has 0 bridgehead atoms. The Labute approximate surface area is 161 Å². The van der Waals surface area contributed by atoms with E-state index in [9.17, 15) is 4.79 Å². The molecule has 1 saturated heterocycles. The molecular formula is C20H18N6O2. The van der Waals surface area contributed by atoms with Gasteiger partial charge in [-0.05, 0) is 12.1 Å². The molecule has 28 heavy (non-hydrogen) atoms. The molecule has 0 saturated carbocycles. The van der Waals surface area contributed by atoms with Crippen molar-refractivity contribution in [3.05, 3.63) is 49.1 Å². The van der Waals surface area contributed by atoms with E-state index < -0.39 is 0 Å². The Hall–Kier alpha value is -3.73. The van der Waals surface area contributed by atoms with E-state index in [0.29, 0.717) is 35.7 Å². The van der Waals surface area contributed by atoms with Crippen molar-refractivity contribution >= 4 is 17.1 Å². The molecule has 0 spiro atoms. The second-order valence-corrected chi connectivity index (χ2v) is 6.53. The Balaban J connectivity index is 1.54. The number of aromatic nitrogens is 4. The van der Waals surface area contributed by atoms with Gasteiger partial charge in [-0.3, -0.25) is 9.78 Å². The average Bonchev–Trinajstić information content (AvgIpc) is 3.17. The number of piperidine rings is 1. The molecule has 1 fully saturated rings. The highest BCUT2D eigenvalue weighted by Gasteiger charge is 2.23. The Morgan fingerprint density at radius 2 is 2.18 bits per heavy atom. The standard InChI is InChI=1S/C20H18N6O2/c1-2-18(27)26-5-3-15(4-6-26)28-17-12-24-20-19(25-17)16(11-23-20)14-7-13(8-21)9-22-10-14/h2,7,9-12,15H,1,3-6H2,(H,23,24). The van der Waals surface area contributed by atoms with Gasteiger partial charge >= 0.3 is 0 Å². The van der Waals surface area contributed by atoms with E-state index in [2.05, 4.69) is 32.6 Å². The van der Waals surface area contributed by atoms with Crippen LogP contribution in [0.1, 0.15) is 18.4 Å². The number of carbonyl (C=O) groups excluding carboxylic acids is 1. The van der Waals surface area contributed by atoms with Crippen molar-refractivity contribution in [1.29, 1.82) is 5.26 Å². The molecular weight excluding hydrogens is 356 g/mol. The maximum absolute atomic E-state index is 11.7. The third kappa shape index (κ3) is 3.42. The summed E-state index contributed by atoms with van der Waals surface area (Å²) in [5, 5.41) is 9.09. The van der Waals surface area contributed by atoms with E-state index in [-0.39, 0.29) is 12.0 Å². The van der Waals surface area contributed by atoms with E-state index in [0.717, 1.165) is 24.0 Å². The topological polar surface area (TPSA) is 108 Å². The van der Waals surface area contributed by atoms with Crippen LogP contribution in [-0.4, -0.2) is 49.9 Å². The molecule has 3 aromatic heterocycles. The van der Waals surface area contributed by atoms with Crippen LogP contribution in [0.3, 0.4) is 0 Å². The lowest BCUT2D eigenvalue weighted by Crippen LogP contribution is -2.41. The number of nitrogens with zero attached hydrogens (tertiary/aromatic N) is 5. The third-order valence-corrected chi connectivity index (χ3v) is 4.75. The largest absolute Gasteiger partial charge is 0.473 e. The maximum Gasteiger partial charge on any atom is 0.245 e. The number of ether oxygens (including phenoxy) is 1. The van der Waals surface area contributed by atoms with Crippen LogP contribution in [0.25, 0.3) is 22.3 Å². The molecule has 0 aromatic carbocycles. The van der Waals surface area contributed by atoms with Crippen molar-refractivity contribution in [3.8, 4) is 23.1 Å². The van der Waals surface area contributed by atoms with Gasteiger partial charge in [0.15, 0.2) is 5.65 Å². The lowest BCUT2D eigenvalue weighted by Gasteiger charge is -2.31. The van der Waals surface area contributed by atoms with Gasteiger partial charge < -0.3 is 14.6 Å². The Kier molecular flexibility index (Phi) is 4.72. The van der Waals surface area contributed by atoms with Crippen molar-refractivity contribution in [3.63, 3.8) is 0 Å². The predicted molar refractivity (Wildman–Crippen MR) is 102 cm³/mol. The highest BCUT2D eigenvalue weighted by atomic mass is 16.5.